The van der Waals surface area contributed by atoms with Crippen LogP contribution < -0.4 is 0 Å². The number of carbonyl (C=O) groups is 1. The highest BCUT2D eigenvalue weighted by Crippen LogP contribution is 2.16. The minimum atomic E-state index is -0.488. The van der Waals surface area contributed by atoms with Crippen LogP contribution in [0.2, 0.25) is 0 Å². The maximum Gasteiger partial charge on any atom is 0.357 e. The zero-order valence-electron chi connectivity index (χ0n) is 9.30. The molecule has 0 unspecified atom stereocenters. The highest BCUT2D eigenvalue weighted by molar-refractivity contribution is 9.10. The standard InChI is InChI=1S/C11H14BrNO2/c1-7-5-8(12)6-13-9(7)10(14)15-11(2,3)4/h5-6H,1-4H3. The van der Waals surface area contributed by atoms with Crippen LogP contribution in [0.15, 0.2) is 16.7 Å². The van der Waals surface area contributed by atoms with Gasteiger partial charge in [0.1, 0.15) is 5.60 Å². The third kappa shape index (κ3) is 3.63. The molecule has 0 saturated carbocycles. The predicted molar refractivity (Wildman–Crippen MR) is 61.8 cm³/mol. The van der Waals surface area contributed by atoms with Gasteiger partial charge in [0.25, 0.3) is 0 Å². The zero-order chi connectivity index (χ0) is 11.6. The molecule has 0 aliphatic carbocycles. The Morgan fingerprint density at radius 3 is 2.53 bits per heavy atom. The molecule has 0 atom stereocenters. The van der Waals surface area contributed by atoms with Crippen molar-refractivity contribution in [2.45, 2.75) is 33.3 Å². The van der Waals surface area contributed by atoms with E-state index in [1.54, 1.807) is 6.20 Å². The molecule has 0 aromatic carbocycles. The Hall–Kier alpha value is -0.900. The van der Waals surface area contributed by atoms with E-state index in [0.717, 1.165) is 10.0 Å². The van der Waals surface area contributed by atoms with Crippen molar-refractivity contribution in [3.05, 3.63) is 28.0 Å². The molecule has 1 heterocycles. The van der Waals surface area contributed by atoms with Gasteiger partial charge in [0.15, 0.2) is 5.69 Å². The summed E-state index contributed by atoms with van der Waals surface area (Å²) in [5.41, 5.74) is 0.685. The maximum absolute atomic E-state index is 11.7. The Labute approximate surface area is 98.0 Å². The molecule has 4 heteroatoms. The number of hydrogen-bond donors (Lipinski definition) is 0. The van der Waals surface area contributed by atoms with Crippen molar-refractivity contribution in [3.63, 3.8) is 0 Å². The number of rotatable bonds is 1. The van der Waals surface area contributed by atoms with Crippen molar-refractivity contribution in [1.29, 1.82) is 0 Å². The maximum atomic E-state index is 11.7. The first-order chi connectivity index (χ1) is 6.79. The summed E-state index contributed by atoms with van der Waals surface area (Å²) in [5, 5.41) is 0. The molecule has 0 radical (unpaired) electrons. The van der Waals surface area contributed by atoms with Crippen molar-refractivity contribution in [1.82, 2.24) is 4.98 Å². The third-order valence-corrected chi connectivity index (χ3v) is 2.07. The van der Waals surface area contributed by atoms with Gasteiger partial charge in [0, 0.05) is 10.7 Å². The molecular formula is C11H14BrNO2. The van der Waals surface area contributed by atoms with E-state index in [1.165, 1.54) is 0 Å². The van der Waals surface area contributed by atoms with E-state index in [-0.39, 0.29) is 5.97 Å². The van der Waals surface area contributed by atoms with E-state index in [4.69, 9.17) is 4.74 Å². The number of ether oxygens (including phenoxy) is 1. The third-order valence-electron chi connectivity index (χ3n) is 1.64. The van der Waals surface area contributed by atoms with E-state index in [1.807, 2.05) is 33.8 Å². The second kappa shape index (κ2) is 4.31. The van der Waals surface area contributed by atoms with Crippen molar-refractivity contribution in [2.24, 2.45) is 0 Å². The van der Waals surface area contributed by atoms with Crippen LogP contribution in [0.1, 0.15) is 36.8 Å². The Kier molecular flexibility index (Phi) is 3.50. The van der Waals surface area contributed by atoms with Crippen molar-refractivity contribution in [3.8, 4) is 0 Å². The number of carbonyl (C=O) groups excluding carboxylic acids is 1. The van der Waals surface area contributed by atoms with Crippen molar-refractivity contribution in [2.75, 3.05) is 0 Å². The molecule has 1 aromatic heterocycles. The summed E-state index contributed by atoms with van der Waals surface area (Å²) in [5.74, 6) is -0.382. The quantitative estimate of drug-likeness (QED) is 0.737. The van der Waals surface area contributed by atoms with E-state index in [9.17, 15) is 4.79 Å². The lowest BCUT2D eigenvalue weighted by atomic mass is 10.2. The van der Waals surface area contributed by atoms with E-state index < -0.39 is 5.60 Å². The highest BCUT2D eigenvalue weighted by atomic mass is 79.9. The first-order valence-corrected chi connectivity index (χ1v) is 5.44. The van der Waals surface area contributed by atoms with Crippen molar-refractivity contribution < 1.29 is 9.53 Å². The molecule has 0 spiro atoms. The summed E-state index contributed by atoms with van der Waals surface area (Å²) in [6, 6.07) is 1.84. The van der Waals surface area contributed by atoms with Gasteiger partial charge in [-0.05, 0) is 55.3 Å². The lowest BCUT2D eigenvalue weighted by molar-refractivity contribution is 0.00620. The van der Waals surface area contributed by atoms with E-state index >= 15 is 0 Å². The second-order valence-electron chi connectivity index (χ2n) is 4.32. The van der Waals surface area contributed by atoms with Gasteiger partial charge >= 0.3 is 5.97 Å². The molecule has 3 nitrogen and oxygen atoms in total. The van der Waals surface area contributed by atoms with Crippen molar-refractivity contribution >= 4 is 21.9 Å². The molecule has 1 rings (SSSR count). The Morgan fingerprint density at radius 2 is 2.07 bits per heavy atom. The normalized spacial score (nSPS) is 11.3. The fourth-order valence-electron chi connectivity index (χ4n) is 1.08. The molecule has 0 aliphatic rings. The molecule has 82 valence electrons. The van der Waals surface area contributed by atoms with Crippen LogP contribution in [-0.2, 0) is 4.74 Å². The molecule has 1 aromatic rings. The first kappa shape index (κ1) is 12.2. The number of nitrogens with zero attached hydrogens (tertiary/aromatic N) is 1. The van der Waals surface area contributed by atoms with Gasteiger partial charge in [-0.1, -0.05) is 0 Å². The molecule has 0 N–H and O–H groups in total. The number of esters is 1. The number of pyridine rings is 1. The van der Waals surface area contributed by atoms with E-state index in [0.29, 0.717) is 5.69 Å². The molecule has 15 heavy (non-hydrogen) atoms. The number of hydrogen-bond acceptors (Lipinski definition) is 3. The lowest BCUT2D eigenvalue weighted by Crippen LogP contribution is -2.25. The number of aryl methyl sites for hydroxylation is 1. The SMILES string of the molecule is Cc1cc(Br)cnc1C(=O)OC(C)(C)C. The zero-order valence-corrected chi connectivity index (χ0v) is 10.9. The number of aromatic nitrogens is 1. The topological polar surface area (TPSA) is 39.2 Å². The molecule has 0 fully saturated rings. The van der Waals surface area contributed by atoms with Gasteiger partial charge in [-0.2, -0.15) is 0 Å². The fourth-order valence-corrected chi connectivity index (χ4v) is 1.53. The predicted octanol–water partition coefficient (Wildman–Crippen LogP) is 3.11. The average molecular weight is 272 g/mol. The largest absolute Gasteiger partial charge is 0.455 e. The summed E-state index contributed by atoms with van der Waals surface area (Å²) in [6.45, 7) is 7.33. The Morgan fingerprint density at radius 1 is 1.47 bits per heavy atom. The van der Waals surface area contributed by atoms with Gasteiger partial charge in [-0.3, -0.25) is 0 Å². The van der Waals surface area contributed by atoms with E-state index in [2.05, 4.69) is 20.9 Å². The Bertz CT molecular complexity index is 383. The van der Waals surface area contributed by atoms with Crippen LogP contribution in [0.3, 0.4) is 0 Å². The fraction of sp³-hybridized carbons (Fsp3) is 0.455. The van der Waals surface area contributed by atoms with Crippen LogP contribution in [0.5, 0.6) is 0 Å². The summed E-state index contributed by atoms with van der Waals surface area (Å²) in [6.07, 6.45) is 1.59. The molecule has 0 saturated heterocycles. The summed E-state index contributed by atoms with van der Waals surface area (Å²) < 4.78 is 6.08. The smallest absolute Gasteiger partial charge is 0.357 e. The lowest BCUT2D eigenvalue weighted by Gasteiger charge is -2.19. The highest BCUT2D eigenvalue weighted by Gasteiger charge is 2.20. The first-order valence-electron chi connectivity index (χ1n) is 4.65. The molecular weight excluding hydrogens is 258 g/mol. The number of halogens is 1. The monoisotopic (exact) mass is 271 g/mol. The minimum absolute atomic E-state index is 0.369. The van der Waals surface area contributed by atoms with Gasteiger partial charge < -0.3 is 4.74 Å². The van der Waals surface area contributed by atoms with Crippen LogP contribution in [0.4, 0.5) is 0 Å². The van der Waals surface area contributed by atoms with Gasteiger partial charge in [0.2, 0.25) is 0 Å². The average Bonchev–Trinajstić information content (AvgIpc) is 1.99. The molecule has 0 aliphatic heterocycles. The minimum Gasteiger partial charge on any atom is -0.455 e. The van der Waals surface area contributed by atoms with Crippen LogP contribution in [0.25, 0.3) is 0 Å². The molecule has 0 amide bonds. The summed E-state index contributed by atoms with van der Waals surface area (Å²) in [7, 11) is 0. The van der Waals surface area contributed by atoms with Crippen LogP contribution >= 0.6 is 15.9 Å². The second-order valence-corrected chi connectivity index (χ2v) is 5.24. The summed E-state index contributed by atoms with van der Waals surface area (Å²) in [4.78, 5) is 15.7. The van der Waals surface area contributed by atoms with Crippen LogP contribution in [0, 0.1) is 6.92 Å². The van der Waals surface area contributed by atoms with Gasteiger partial charge in [-0.15, -0.1) is 0 Å². The van der Waals surface area contributed by atoms with Gasteiger partial charge in [0.05, 0.1) is 0 Å². The molecule has 0 bridgehead atoms. The summed E-state index contributed by atoms with van der Waals surface area (Å²) >= 11 is 3.29. The van der Waals surface area contributed by atoms with Crippen LogP contribution in [-0.4, -0.2) is 16.6 Å². The Balaban J connectivity index is 2.92. The van der Waals surface area contributed by atoms with Gasteiger partial charge in [-0.25, -0.2) is 9.78 Å².